The molecule has 1 heterocycles. The lowest BCUT2D eigenvalue weighted by Gasteiger charge is -2.36. The lowest BCUT2D eigenvalue weighted by molar-refractivity contribution is 0.0696. The predicted octanol–water partition coefficient (Wildman–Crippen LogP) is 2.85. The van der Waals surface area contributed by atoms with Crippen molar-refractivity contribution >= 4 is 11.7 Å². The van der Waals surface area contributed by atoms with Gasteiger partial charge >= 0.3 is 5.97 Å². The Morgan fingerprint density at radius 3 is 2.39 bits per heavy atom. The maximum Gasteiger partial charge on any atom is 0.335 e. The van der Waals surface area contributed by atoms with E-state index in [1.54, 1.807) is 0 Å². The fourth-order valence-electron chi connectivity index (χ4n) is 2.89. The molecule has 0 spiro atoms. The molecule has 0 aromatic heterocycles. The second-order valence-corrected chi connectivity index (χ2v) is 5.75. The third-order valence-electron chi connectivity index (χ3n) is 4.12. The van der Waals surface area contributed by atoms with Gasteiger partial charge in [-0.2, -0.15) is 0 Å². The van der Waals surface area contributed by atoms with E-state index in [2.05, 4.69) is 17.0 Å². The first-order valence-electron chi connectivity index (χ1n) is 7.67. The molecule has 0 amide bonds. The molecule has 0 aliphatic carbocycles. The molecule has 5 heteroatoms. The lowest BCUT2D eigenvalue weighted by atomic mass is 10.1. The summed E-state index contributed by atoms with van der Waals surface area (Å²) in [5.74, 6) is -1.61. The molecule has 3 rings (SSSR count). The highest BCUT2D eigenvalue weighted by Crippen LogP contribution is 2.21. The summed E-state index contributed by atoms with van der Waals surface area (Å²) in [4.78, 5) is 15.4. The number of nitrogens with zero attached hydrogens (tertiary/aromatic N) is 2. The van der Waals surface area contributed by atoms with Crippen LogP contribution in [0.5, 0.6) is 0 Å². The summed E-state index contributed by atoms with van der Waals surface area (Å²) in [6, 6.07) is 14.3. The molecule has 2 aromatic carbocycles. The number of piperazine rings is 1. The molecule has 0 saturated carbocycles. The molecule has 1 fully saturated rings. The van der Waals surface area contributed by atoms with Crippen molar-refractivity contribution in [3.63, 3.8) is 0 Å². The summed E-state index contributed by atoms with van der Waals surface area (Å²) >= 11 is 0. The van der Waals surface area contributed by atoms with Gasteiger partial charge in [0, 0.05) is 38.4 Å². The zero-order valence-electron chi connectivity index (χ0n) is 12.8. The van der Waals surface area contributed by atoms with Gasteiger partial charge in [-0.25, -0.2) is 9.18 Å². The Morgan fingerprint density at radius 2 is 1.74 bits per heavy atom. The molecular weight excluding hydrogens is 295 g/mol. The van der Waals surface area contributed by atoms with Crippen molar-refractivity contribution in [2.24, 2.45) is 0 Å². The minimum absolute atomic E-state index is 0.00767. The molecule has 0 radical (unpaired) electrons. The van der Waals surface area contributed by atoms with E-state index in [1.165, 1.54) is 17.7 Å². The monoisotopic (exact) mass is 314 g/mol. The zero-order valence-corrected chi connectivity index (χ0v) is 12.8. The van der Waals surface area contributed by atoms with Crippen LogP contribution in [0.4, 0.5) is 10.1 Å². The SMILES string of the molecule is O=C(O)c1cc(F)cc(N2CCN(Cc3ccccc3)CC2)c1. The van der Waals surface area contributed by atoms with Gasteiger partial charge in [-0.1, -0.05) is 30.3 Å². The van der Waals surface area contributed by atoms with Gasteiger partial charge in [0.2, 0.25) is 0 Å². The molecule has 2 aromatic rings. The average Bonchev–Trinajstić information content (AvgIpc) is 2.56. The number of anilines is 1. The summed E-state index contributed by atoms with van der Waals surface area (Å²) in [5.41, 5.74) is 1.91. The Bertz CT molecular complexity index is 683. The van der Waals surface area contributed by atoms with Crippen LogP contribution in [0.1, 0.15) is 15.9 Å². The van der Waals surface area contributed by atoms with Crippen molar-refractivity contribution in [3.05, 3.63) is 65.5 Å². The quantitative estimate of drug-likeness (QED) is 0.942. The van der Waals surface area contributed by atoms with Crippen molar-refractivity contribution in [1.82, 2.24) is 4.90 Å². The van der Waals surface area contributed by atoms with Gasteiger partial charge in [0.05, 0.1) is 5.56 Å². The lowest BCUT2D eigenvalue weighted by Crippen LogP contribution is -2.46. The van der Waals surface area contributed by atoms with E-state index >= 15 is 0 Å². The number of hydrogen-bond donors (Lipinski definition) is 1. The van der Waals surface area contributed by atoms with Crippen molar-refractivity contribution in [2.45, 2.75) is 6.54 Å². The minimum atomic E-state index is -1.10. The van der Waals surface area contributed by atoms with Gasteiger partial charge in [-0.15, -0.1) is 0 Å². The van der Waals surface area contributed by atoms with Crippen molar-refractivity contribution in [3.8, 4) is 0 Å². The fraction of sp³-hybridized carbons (Fsp3) is 0.278. The summed E-state index contributed by atoms with van der Waals surface area (Å²) in [7, 11) is 0. The van der Waals surface area contributed by atoms with E-state index in [-0.39, 0.29) is 5.56 Å². The van der Waals surface area contributed by atoms with E-state index in [4.69, 9.17) is 5.11 Å². The molecule has 0 atom stereocenters. The molecule has 1 aliphatic rings. The average molecular weight is 314 g/mol. The van der Waals surface area contributed by atoms with Crippen molar-refractivity contribution in [2.75, 3.05) is 31.1 Å². The number of carboxylic acid groups (broad SMARTS) is 1. The summed E-state index contributed by atoms with van der Waals surface area (Å²) in [5, 5.41) is 9.04. The standard InChI is InChI=1S/C18H19FN2O2/c19-16-10-15(18(22)23)11-17(12-16)21-8-6-20(7-9-21)13-14-4-2-1-3-5-14/h1-5,10-12H,6-9,13H2,(H,22,23). The van der Waals surface area contributed by atoms with Crippen LogP contribution in [0.15, 0.2) is 48.5 Å². The molecule has 0 unspecified atom stereocenters. The number of carbonyl (C=O) groups is 1. The fourth-order valence-corrected chi connectivity index (χ4v) is 2.89. The first-order valence-corrected chi connectivity index (χ1v) is 7.67. The minimum Gasteiger partial charge on any atom is -0.478 e. The Balaban J connectivity index is 1.64. The van der Waals surface area contributed by atoms with Gasteiger partial charge in [-0.05, 0) is 23.8 Å². The van der Waals surface area contributed by atoms with Crippen LogP contribution in [0.2, 0.25) is 0 Å². The van der Waals surface area contributed by atoms with E-state index in [1.807, 2.05) is 23.1 Å². The third-order valence-corrected chi connectivity index (χ3v) is 4.12. The topological polar surface area (TPSA) is 43.8 Å². The number of halogens is 1. The van der Waals surface area contributed by atoms with Gasteiger partial charge in [0.1, 0.15) is 5.82 Å². The van der Waals surface area contributed by atoms with Crippen LogP contribution in [0.3, 0.4) is 0 Å². The summed E-state index contributed by atoms with van der Waals surface area (Å²) in [6.45, 7) is 4.16. The van der Waals surface area contributed by atoms with Crippen LogP contribution in [-0.2, 0) is 6.54 Å². The smallest absolute Gasteiger partial charge is 0.335 e. The maximum atomic E-state index is 13.6. The molecule has 4 nitrogen and oxygen atoms in total. The number of aromatic carboxylic acids is 1. The van der Waals surface area contributed by atoms with Gasteiger partial charge in [0.25, 0.3) is 0 Å². The number of rotatable bonds is 4. The van der Waals surface area contributed by atoms with Gasteiger partial charge in [-0.3, -0.25) is 4.90 Å². The highest BCUT2D eigenvalue weighted by Gasteiger charge is 2.19. The number of benzene rings is 2. The van der Waals surface area contributed by atoms with Crippen LogP contribution < -0.4 is 4.90 Å². The Labute approximate surface area is 134 Å². The molecule has 0 bridgehead atoms. The highest BCUT2D eigenvalue weighted by molar-refractivity contribution is 5.88. The largest absolute Gasteiger partial charge is 0.478 e. The highest BCUT2D eigenvalue weighted by atomic mass is 19.1. The summed E-state index contributed by atoms with van der Waals surface area (Å²) < 4.78 is 13.6. The molecular formula is C18H19FN2O2. The predicted molar refractivity (Wildman–Crippen MR) is 87.3 cm³/mol. The molecule has 23 heavy (non-hydrogen) atoms. The number of hydrogen-bond acceptors (Lipinski definition) is 3. The molecule has 1 aliphatic heterocycles. The van der Waals surface area contributed by atoms with E-state index in [0.717, 1.165) is 38.8 Å². The second kappa shape index (κ2) is 6.79. The first-order chi connectivity index (χ1) is 11.1. The zero-order chi connectivity index (χ0) is 16.2. The van der Waals surface area contributed by atoms with Crippen molar-refractivity contribution in [1.29, 1.82) is 0 Å². The Morgan fingerprint density at radius 1 is 1.04 bits per heavy atom. The van der Waals surface area contributed by atoms with Gasteiger partial charge in [0.15, 0.2) is 0 Å². The van der Waals surface area contributed by atoms with Crippen LogP contribution in [0.25, 0.3) is 0 Å². The number of carboxylic acids is 1. The van der Waals surface area contributed by atoms with E-state index in [0.29, 0.717) is 5.69 Å². The third kappa shape index (κ3) is 3.87. The van der Waals surface area contributed by atoms with Gasteiger partial charge < -0.3 is 10.0 Å². The Kier molecular flexibility index (Phi) is 4.57. The molecule has 1 N–H and O–H groups in total. The Hall–Kier alpha value is -2.40. The maximum absolute atomic E-state index is 13.6. The summed E-state index contributed by atoms with van der Waals surface area (Å²) in [6.07, 6.45) is 0. The molecule has 1 saturated heterocycles. The van der Waals surface area contributed by atoms with Crippen LogP contribution in [-0.4, -0.2) is 42.2 Å². The van der Waals surface area contributed by atoms with E-state index < -0.39 is 11.8 Å². The second-order valence-electron chi connectivity index (χ2n) is 5.75. The van der Waals surface area contributed by atoms with Crippen LogP contribution >= 0.6 is 0 Å². The normalized spacial score (nSPS) is 15.6. The first kappa shape index (κ1) is 15.5. The van der Waals surface area contributed by atoms with E-state index in [9.17, 15) is 9.18 Å². The van der Waals surface area contributed by atoms with Crippen LogP contribution in [0, 0.1) is 5.82 Å². The van der Waals surface area contributed by atoms with Crippen molar-refractivity contribution < 1.29 is 14.3 Å². The molecule has 120 valence electrons.